The van der Waals surface area contributed by atoms with Crippen LogP contribution >= 0.6 is 0 Å². The first-order valence-electron chi connectivity index (χ1n) is 5.76. The van der Waals surface area contributed by atoms with Crippen LogP contribution in [0.15, 0.2) is 36.3 Å². The summed E-state index contributed by atoms with van der Waals surface area (Å²) >= 11 is 0. The molecule has 4 nitrogen and oxygen atoms in total. The molecular weight excluding hydrogens is 252 g/mol. The van der Waals surface area contributed by atoms with Gasteiger partial charge in [-0.1, -0.05) is 12.2 Å². The number of hydrazine groups is 1. The molecule has 6 heteroatoms. The van der Waals surface area contributed by atoms with E-state index in [1.54, 1.807) is 13.0 Å². The standard InChI is InChI=1S/C13H17F2N3O/c1-9-7-13(17-8-12(9)18-16)19-10(2)11(15)5-3-4-6-14/h3-5,7-8,10,18H,6,16H2,1-2H3/b4-3-,11-5+. The van der Waals surface area contributed by atoms with E-state index in [-0.39, 0.29) is 0 Å². The summed E-state index contributed by atoms with van der Waals surface area (Å²) in [6.45, 7) is 2.74. The molecule has 3 N–H and O–H groups in total. The average molecular weight is 269 g/mol. The quantitative estimate of drug-likeness (QED) is 0.473. The fraction of sp³-hybridized carbons (Fsp3) is 0.308. The van der Waals surface area contributed by atoms with Gasteiger partial charge >= 0.3 is 0 Å². The van der Waals surface area contributed by atoms with Crippen LogP contribution < -0.4 is 16.0 Å². The van der Waals surface area contributed by atoms with Crippen LogP contribution in [0.3, 0.4) is 0 Å². The molecule has 1 heterocycles. The van der Waals surface area contributed by atoms with E-state index in [1.807, 2.05) is 6.92 Å². The molecule has 19 heavy (non-hydrogen) atoms. The molecule has 0 spiro atoms. The molecule has 0 aliphatic rings. The maximum atomic E-state index is 13.6. The molecule has 1 aromatic heterocycles. The number of alkyl halides is 1. The lowest BCUT2D eigenvalue weighted by Gasteiger charge is -2.13. The highest BCUT2D eigenvalue weighted by molar-refractivity contribution is 5.49. The van der Waals surface area contributed by atoms with E-state index >= 15 is 0 Å². The highest BCUT2D eigenvalue weighted by Gasteiger charge is 2.11. The van der Waals surface area contributed by atoms with Crippen molar-refractivity contribution in [1.82, 2.24) is 4.98 Å². The number of nitrogens with two attached hydrogens (primary N) is 1. The highest BCUT2D eigenvalue weighted by Crippen LogP contribution is 2.19. The second-order valence-corrected chi connectivity index (χ2v) is 3.88. The van der Waals surface area contributed by atoms with Gasteiger partial charge in [-0.25, -0.2) is 13.8 Å². The van der Waals surface area contributed by atoms with E-state index in [0.717, 1.165) is 11.6 Å². The number of allylic oxidation sites excluding steroid dienone is 3. The number of nitrogens with zero attached hydrogens (tertiary/aromatic N) is 1. The fourth-order valence-electron chi connectivity index (χ4n) is 1.33. The second kappa shape index (κ2) is 7.48. The Balaban J connectivity index is 2.71. The third-order valence-electron chi connectivity index (χ3n) is 2.41. The van der Waals surface area contributed by atoms with Crippen LogP contribution in [-0.4, -0.2) is 17.8 Å². The Labute approximate surface area is 110 Å². The highest BCUT2D eigenvalue weighted by atomic mass is 19.1. The Morgan fingerprint density at radius 2 is 2.37 bits per heavy atom. The number of aromatic nitrogens is 1. The van der Waals surface area contributed by atoms with Crippen LogP contribution in [0.25, 0.3) is 0 Å². The number of hydrogen-bond donors (Lipinski definition) is 2. The van der Waals surface area contributed by atoms with Crippen molar-refractivity contribution >= 4 is 5.69 Å². The summed E-state index contributed by atoms with van der Waals surface area (Å²) in [5, 5.41) is 0. The monoisotopic (exact) mass is 269 g/mol. The molecule has 1 aromatic rings. The van der Waals surface area contributed by atoms with E-state index < -0.39 is 18.6 Å². The molecule has 104 valence electrons. The van der Waals surface area contributed by atoms with E-state index in [0.29, 0.717) is 11.6 Å². The summed E-state index contributed by atoms with van der Waals surface area (Å²) in [7, 11) is 0. The van der Waals surface area contributed by atoms with Gasteiger partial charge < -0.3 is 10.2 Å². The molecule has 0 aliphatic carbocycles. The van der Waals surface area contributed by atoms with Crippen molar-refractivity contribution in [2.75, 3.05) is 12.1 Å². The van der Waals surface area contributed by atoms with E-state index in [9.17, 15) is 8.78 Å². The normalized spacial score (nSPS) is 13.6. The first kappa shape index (κ1) is 15.1. The fourth-order valence-corrected chi connectivity index (χ4v) is 1.33. The summed E-state index contributed by atoms with van der Waals surface area (Å²) in [6.07, 6.45) is 4.37. The van der Waals surface area contributed by atoms with E-state index in [4.69, 9.17) is 10.6 Å². The van der Waals surface area contributed by atoms with Gasteiger partial charge in [-0.05, 0) is 25.5 Å². The van der Waals surface area contributed by atoms with Crippen molar-refractivity contribution in [3.63, 3.8) is 0 Å². The minimum Gasteiger partial charge on any atom is -0.467 e. The molecule has 1 unspecified atom stereocenters. The number of rotatable bonds is 6. The van der Waals surface area contributed by atoms with Gasteiger partial charge in [0.2, 0.25) is 5.88 Å². The molecule has 0 fully saturated rings. The van der Waals surface area contributed by atoms with E-state index in [1.165, 1.54) is 18.3 Å². The number of nitrogens with one attached hydrogen (secondary N) is 1. The predicted molar refractivity (Wildman–Crippen MR) is 71.2 cm³/mol. The molecule has 0 saturated heterocycles. The van der Waals surface area contributed by atoms with Gasteiger partial charge in [0.05, 0.1) is 11.9 Å². The largest absolute Gasteiger partial charge is 0.467 e. The third-order valence-corrected chi connectivity index (χ3v) is 2.41. The van der Waals surface area contributed by atoms with Crippen molar-refractivity contribution < 1.29 is 13.5 Å². The minimum absolute atomic E-state index is 0.294. The van der Waals surface area contributed by atoms with Crippen LogP contribution in [-0.2, 0) is 0 Å². The summed E-state index contributed by atoms with van der Waals surface area (Å²) in [5.41, 5.74) is 3.99. The van der Waals surface area contributed by atoms with E-state index in [2.05, 4.69) is 10.4 Å². The van der Waals surface area contributed by atoms with Crippen molar-refractivity contribution in [1.29, 1.82) is 0 Å². The summed E-state index contributed by atoms with van der Waals surface area (Å²) < 4.78 is 30.7. The number of nitrogen functional groups attached to an aromatic ring is 1. The Kier molecular flexibility index (Phi) is 5.95. The summed E-state index contributed by atoms with van der Waals surface area (Å²) in [6, 6.07) is 1.65. The van der Waals surface area contributed by atoms with Gasteiger partial charge in [-0.2, -0.15) is 0 Å². The Hall–Kier alpha value is -1.95. The number of pyridine rings is 1. The molecule has 0 aliphatic heterocycles. The smallest absolute Gasteiger partial charge is 0.214 e. The summed E-state index contributed by atoms with van der Waals surface area (Å²) in [5.74, 6) is 5.06. The first-order chi connectivity index (χ1) is 9.08. The van der Waals surface area contributed by atoms with Gasteiger partial charge in [0, 0.05) is 6.07 Å². The van der Waals surface area contributed by atoms with Gasteiger partial charge in [0.1, 0.15) is 18.6 Å². The Morgan fingerprint density at radius 3 is 2.95 bits per heavy atom. The van der Waals surface area contributed by atoms with Crippen LogP contribution in [0.4, 0.5) is 14.5 Å². The topological polar surface area (TPSA) is 60.2 Å². The van der Waals surface area contributed by atoms with Crippen LogP contribution in [0.1, 0.15) is 12.5 Å². The number of ether oxygens (including phenoxy) is 1. The Bertz CT molecular complexity index is 475. The zero-order valence-electron chi connectivity index (χ0n) is 10.9. The molecule has 0 bridgehead atoms. The van der Waals surface area contributed by atoms with Crippen molar-refractivity contribution in [2.24, 2.45) is 5.84 Å². The number of aryl methyl sites for hydroxylation is 1. The molecule has 0 radical (unpaired) electrons. The lowest BCUT2D eigenvalue weighted by molar-refractivity contribution is 0.218. The van der Waals surface area contributed by atoms with Crippen LogP contribution in [0, 0.1) is 6.92 Å². The molecule has 0 saturated carbocycles. The van der Waals surface area contributed by atoms with Gasteiger partial charge in [0.15, 0.2) is 0 Å². The maximum Gasteiger partial charge on any atom is 0.214 e. The molecule has 1 atom stereocenters. The average Bonchev–Trinajstić information content (AvgIpc) is 2.39. The zero-order valence-corrected chi connectivity index (χ0v) is 10.9. The number of hydrogen-bond acceptors (Lipinski definition) is 4. The van der Waals surface area contributed by atoms with Gasteiger partial charge in [-0.3, -0.25) is 5.84 Å². The lowest BCUT2D eigenvalue weighted by atomic mass is 10.2. The van der Waals surface area contributed by atoms with Crippen LogP contribution in [0.2, 0.25) is 0 Å². The molecule has 0 amide bonds. The van der Waals surface area contributed by atoms with Gasteiger partial charge in [0.25, 0.3) is 0 Å². The predicted octanol–water partition coefficient (Wildman–Crippen LogP) is 2.82. The molecule has 1 rings (SSSR count). The zero-order chi connectivity index (χ0) is 14.3. The van der Waals surface area contributed by atoms with Crippen LogP contribution in [0.5, 0.6) is 5.88 Å². The second-order valence-electron chi connectivity index (χ2n) is 3.88. The summed E-state index contributed by atoms with van der Waals surface area (Å²) in [4.78, 5) is 3.99. The SMILES string of the molecule is Cc1cc(OC(C)/C(F)=C\C=C/CF)ncc1NN. The molecule has 0 aromatic carbocycles. The minimum atomic E-state index is -0.798. The van der Waals surface area contributed by atoms with Crippen molar-refractivity contribution in [2.45, 2.75) is 20.0 Å². The van der Waals surface area contributed by atoms with Gasteiger partial charge in [-0.15, -0.1) is 0 Å². The number of halogens is 2. The first-order valence-corrected chi connectivity index (χ1v) is 5.76. The molecular formula is C13H17F2N3O. The number of anilines is 1. The lowest BCUT2D eigenvalue weighted by Crippen LogP contribution is -2.14. The third kappa shape index (κ3) is 4.67. The van der Waals surface area contributed by atoms with Crippen molar-refractivity contribution in [3.05, 3.63) is 41.9 Å². The Morgan fingerprint density at radius 1 is 1.63 bits per heavy atom. The maximum absolute atomic E-state index is 13.6. The van der Waals surface area contributed by atoms with Crippen molar-refractivity contribution in [3.8, 4) is 5.88 Å².